The van der Waals surface area contributed by atoms with Gasteiger partial charge in [0.25, 0.3) is 0 Å². The third-order valence-corrected chi connectivity index (χ3v) is 12.4. The van der Waals surface area contributed by atoms with E-state index in [4.69, 9.17) is 0 Å². The molecule has 2 heteroatoms. The van der Waals surface area contributed by atoms with Crippen LogP contribution in [0.5, 0.6) is 0 Å². The molecule has 1 aliphatic rings. The largest absolute Gasteiger partial charge is 0.308 e. The van der Waals surface area contributed by atoms with Crippen molar-refractivity contribution in [3.63, 3.8) is 0 Å². The molecule has 0 atom stereocenters. The summed E-state index contributed by atoms with van der Waals surface area (Å²) in [6.07, 6.45) is 0. The molecule has 1 aliphatic carbocycles. The van der Waals surface area contributed by atoms with Gasteiger partial charge in [0.15, 0.2) is 0 Å². The summed E-state index contributed by atoms with van der Waals surface area (Å²) in [7, 11) is 0. The van der Waals surface area contributed by atoms with Crippen molar-refractivity contribution >= 4 is 38.9 Å². The Hall–Kier alpha value is -7.42. The molecule has 59 heavy (non-hydrogen) atoms. The topological polar surface area (TPSA) is 8.17 Å². The van der Waals surface area contributed by atoms with Crippen LogP contribution in [0, 0.1) is 0 Å². The number of benzene rings is 9. The predicted octanol–water partition coefficient (Wildman–Crippen LogP) is 15.6. The van der Waals surface area contributed by atoms with Gasteiger partial charge in [-0.15, -0.1) is 0 Å². The van der Waals surface area contributed by atoms with E-state index in [-0.39, 0.29) is 5.41 Å². The van der Waals surface area contributed by atoms with Gasteiger partial charge < -0.3 is 9.47 Å². The first-order valence-corrected chi connectivity index (χ1v) is 20.5. The molecule has 0 unspecified atom stereocenters. The Morgan fingerprint density at radius 1 is 0.373 bits per heavy atom. The molecule has 0 saturated carbocycles. The fraction of sp³-hybridized carbons (Fsp3) is 0.0526. The maximum Gasteiger partial charge on any atom is 0.0702 e. The van der Waals surface area contributed by atoms with Gasteiger partial charge in [-0.25, -0.2) is 0 Å². The maximum atomic E-state index is 2.53. The second-order valence-electron chi connectivity index (χ2n) is 16.1. The molecule has 10 aromatic rings. The number of anilines is 3. The summed E-state index contributed by atoms with van der Waals surface area (Å²) in [6, 6.07) is 80.0. The Kier molecular flexibility index (Phi) is 8.20. The van der Waals surface area contributed by atoms with Crippen LogP contribution >= 0.6 is 0 Å². The highest BCUT2D eigenvalue weighted by molar-refractivity contribution is 6.10. The lowest BCUT2D eigenvalue weighted by Gasteiger charge is -2.32. The van der Waals surface area contributed by atoms with Crippen molar-refractivity contribution in [2.45, 2.75) is 19.3 Å². The normalized spacial score (nSPS) is 12.7. The molecule has 0 bridgehead atoms. The van der Waals surface area contributed by atoms with Crippen molar-refractivity contribution in [3.05, 3.63) is 230 Å². The van der Waals surface area contributed by atoms with Gasteiger partial charge in [0, 0.05) is 27.4 Å². The van der Waals surface area contributed by atoms with E-state index in [2.05, 4.69) is 242 Å². The van der Waals surface area contributed by atoms with Crippen molar-refractivity contribution in [1.29, 1.82) is 0 Å². The van der Waals surface area contributed by atoms with Crippen molar-refractivity contribution in [3.8, 4) is 50.2 Å². The Morgan fingerprint density at radius 3 is 1.59 bits per heavy atom. The number of hydrogen-bond acceptors (Lipinski definition) is 1. The second-order valence-corrected chi connectivity index (χ2v) is 16.1. The lowest BCUT2D eigenvalue weighted by molar-refractivity contribution is 0.660. The van der Waals surface area contributed by atoms with Crippen LogP contribution in [-0.4, -0.2) is 4.57 Å². The molecule has 0 amide bonds. The molecule has 1 heterocycles. The van der Waals surface area contributed by atoms with Crippen LogP contribution in [-0.2, 0) is 5.41 Å². The first-order chi connectivity index (χ1) is 29.1. The van der Waals surface area contributed by atoms with Crippen LogP contribution in [0.4, 0.5) is 17.1 Å². The van der Waals surface area contributed by atoms with Crippen LogP contribution in [0.15, 0.2) is 218 Å². The highest BCUT2D eigenvalue weighted by Gasteiger charge is 2.36. The van der Waals surface area contributed by atoms with Crippen molar-refractivity contribution in [2.75, 3.05) is 4.90 Å². The zero-order valence-electron chi connectivity index (χ0n) is 33.2. The van der Waals surface area contributed by atoms with E-state index >= 15 is 0 Å². The van der Waals surface area contributed by atoms with Crippen LogP contribution in [0.1, 0.15) is 25.0 Å². The molecule has 0 spiro atoms. The van der Waals surface area contributed by atoms with Crippen LogP contribution in [0.2, 0.25) is 0 Å². The zero-order valence-corrected chi connectivity index (χ0v) is 33.2. The van der Waals surface area contributed by atoms with E-state index in [1.54, 1.807) is 0 Å². The van der Waals surface area contributed by atoms with Gasteiger partial charge in [-0.05, 0) is 92.5 Å². The Bertz CT molecular complexity index is 3140. The molecule has 280 valence electrons. The van der Waals surface area contributed by atoms with Gasteiger partial charge in [-0.2, -0.15) is 0 Å². The minimum Gasteiger partial charge on any atom is -0.308 e. The average molecular weight is 755 g/mol. The van der Waals surface area contributed by atoms with E-state index in [1.807, 2.05) is 0 Å². The molecule has 2 nitrogen and oxygen atoms in total. The summed E-state index contributed by atoms with van der Waals surface area (Å²) in [5.41, 5.74) is 19.0. The summed E-state index contributed by atoms with van der Waals surface area (Å²) in [6.45, 7) is 4.74. The number of aromatic nitrogens is 1. The van der Waals surface area contributed by atoms with Crippen LogP contribution < -0.4 is 4.90 Å². The summed E-state index contributed by atoms with van der Waals surface area (Å²) in [5.74, 6) is 0. The molecule has 0 fully saturated rings. The Labute approximate surface area is 345 Å². The quantitative estimate of drug-likeness (QED) is 0.157. The minimum atomic E-state index is -0.172. The molecular formula is C57H42N2. The summed E-state index contributed by atoms with van der Waals surface area (Å²) >= 11 is 0. The summed E-state index contributed by atoms with van der Waals surface area (Å²) in [4.78, 5) is 2.53. The second kappa shape index (κ2) is 13.9. The standard InChI is InChI=1S/C57H42N2/c1-57(2)49-30-14-11-25-44(49)45-37-36-41(38-50(45)57)58(53-33-17-18-34-54(53)59-51-31-15-12-26-46(51)47-27-13-16-32-52(47)59)55-35-19-29-43(40-22-7-4-8-23-40)56(55)48-28-10-9-24-42(48)39-20-5-3-6-21-39/h3-38H,1-2H3. The number of hydrogen-bond donors (Lipinski definition) is 0. The van der Waals surface area contributed by atoms with Gasteiger partial charge in [-0.1, -0.05) is 190 Å². The molecule has 9 aromatic carbocycles. The molecular weight excluding hydrogens is 713 g/mol. The Morgan fingerprint density at radius 2 is 0.881 bits per heavy atom. The number of fused-ring (bicyclic) bond motifs is 6. The average Bonchev–Trinajstić information content (AvgIpc) is 3.75. The third-order valence-electron chi connectivity index (χ3n) is 12.4. The number of para-hydroxylation sites is 4. The van der Waals surface area contributed by atoms with Gasteiger partial charge in [0.05, 0.1) is 28.1 Å². The third kappa shape index (κ3) is 5.56. The van der Waals surface area contributed by atoms with Crippen molar-refractivity contribution in [2.24, 2.45) is 0 Å². The first-order valence-electron chi connectivity index (χ1n) is 20.5. The van der Waals surface area contributed by atoms with E-state index in [1.165, 1.54) is 77.4 Å². The predicted molar refractivity (Wildman–Crippen MR) is 249 cm³/mol. The monoisotopic (exact) mass is 754 g/mol. The number of rotatable bonds is 7. The summed E-state index contributed by atoms with van der Waals surface area (Å²) < 4.78 is 2.46. The number of nitrogens with zero attached hydrogens (tertiary/aromatic N) is 2. The molecule has 0 aliphatic heterocycles. The smallest absolute Gasteiger partial charge is 0.0702 e. The highest BCUT2D eigenvalue weighted by Crippen LogP contribution is 2.53. The van der Waals surface area contributed by atoms with Gasteiger partial charge >= 0.3 is 0 Å². The van der Waals surface area contributed by atoms with Crippen LogP contribution in [0.3, 0.4) is 0 Å². The van der Waals surface area contributed by atoms with E-state index < -0.39 is 0 Å². The minimum absolute atomic E-state index is 0.172. The lowest BCUT2D eigenvalue weighted by atomic mass is 9.82. The maximum absolute atomic E-state index is 2.53. The molecule has 0 radical (unpaired) electrons. The zero-order chi connectivity index (χ0) is 39.5. The van der Waals surface area contributed by atoms with E-state index in [0.717, 1.165) is 22.7 Å². The summed E-state index contributed by atoms with van der Waals surface area (Å²) in [5, 5.41) is 2.48. The molecule has 1 aromatic heterocycles. The van der Waals surface area contributed by atoms with Gasteiger partial charge in [-0.3, -0.25) is 0 Å². The highest BCUT2D eigenvalue weighted by atomic mass is 15.2. The first kappa shape index (κ1) is 34.8. The fourth-order valence-electron chi connectivity index (χ4n) is 9.70. The van der Waals surface area contributed by atoms with E-state index in [9.17, 15) is 0 Å². The van der Waals surface area contributed by atoms with Gasteiger partial charge in [0.1, 0.15) is 0 Å². The molecule has 0 saturated heterocycles. The SMILES string of the molecule is CC1(C)c2ccccc2-c2ccc(N(c3ccccc3-n3c4ccccc4c4ccccc43)c3cccc(-c4ccccc4)c3-c3ccccc3-c3ccccc3)cc21. The molecule has 0 N–H and O–H groups in total. The van der Waals surface area contributed by atoms with E-state index in [0.29, 0.717) is 0 Å². The van der Waals surface area contributed by atoms with Crippen molar-refractivity contribution < 1.29 is 0 Å². The van der Waals surface area contributed by atoms with Crippen LogP contribution in [0.25, 0.3) is 72.0 Å². The lowest BCUT2D eigenvalue weighted by Crippen LogP contribution is -2.18. The van der Waals surface area contributed by atoms with Gasteiger partial charge in [0.2, 0.25) is 0 Å². The fourth-order valence-corrected chi connectivity index (χ4v) is 9.70. The van der Waals surface area contributed by atoms with Crippen molar-refractivity contribution in [1.82, 2.24) is 4.57 Å². The Balaban J connectivity index is 1.26. The molecule has 11 rings (SSSR count).